The number of aryl methyl sites for hydroxylation is 1. The number of rotatable bonds is 4. The summed E-state index contributed by atoms with van der Waals surface area (Å²) in [5, 5.41) is 13.7. The van der Waals surface area contributed by atoms with Gasteiger partial charge in [0.1, 0.15) is 12.1 Å². The first-order valence-electron chi connectivity index (χ1n) is 11.1. The standard InChI is InChI=1S/C24H26N8O/c1-16-14-30(21-13-23(33)29(3)22-15-31(9-6-25)28-24(21)22)10-11-32(16)17(2)18-4-5-19-20(12-18)27-8-7-26-19/h4-5,7-8,12-13,15-17H,9-11,14H2,1-3H3/t16-,17?/m0/s1. The van der Waals surface area contributed by atoms with Crippen molar-refractivity contribution >= 4 is 27.8 Å². The molecule has 4 aromatic rings. The van der Waals surface area contributed by atoms with E-state index in [2.05, 4.69) is 56.9 Å². The topological polar surface area (TPSA) is 95.9 Å². The van der Waals surface area contributed by atoms with E-state index in [0.717, 1.165) is 47.4 Å². The Labute approximate surface area is 191 Å². The maximum absolute atomic E-state index is 12.6. The molecule has 0 spiro atoms. The summed E-state index contributed by atoms with van der Waals surface area (Å²) in [4.78, 5) is 26.2. The van der Waals surface area contributed by atoms with Crippen molar-refractivity contribution in [2.45, 2.75) is 32.5 Å². The van der Waals surface area contributed by atoms with E-state index < -0.39 is 0 Å². The molecule has 3 aromatic heterocycles. The van der Waals surface area contributed by atoms with E-state index in [1.54, 1.807) is 41.0 Å². The molecule has 2 atom stereocenters. The van der Waals surface area contributed by atoms with Crippen LogP contribution in [0.1, 0.15) is 25.5 Å². The largest absolute Gasteiger partial charge is 0.367 e. The summed E-state index contributed by atoms with van der Waals surface area (Å²) in [5.41, 5.74) is 5.29. The number of fused-ring (bicyclic) bond motifs is 2. The van der Waals surface area contributed by atoms with Crippen LogP contribution in [0.5, 0.6) is 0 Å². The van der Waals surface area contributed by atoms with Crippen LogP contribution in [0.2, 0.25) is 0 Å². The summed E-state index contributed by atoms with van der Waals surface area (Å²) >= 11 is 0. The van der Waals surface area contributed by atoms with Crippen LogP contribution >= 0.6 is 0 Å². The van der Waals surface area contributed by atoms with E-state index >= 15 is 0 Å². The van der Waals surface area contributed by atoms with E-state index in [9.17, 15) is 4.79 Å². The molecule has 0 saturated carbocycles. The number of nitriles is 1. The highest BCUT2D eigenvalue weighted by Gasteiger charge is 2.30. The fourth-order valence-corrected chi connectivity index (χ4v) is 4.83. The molecular weight excluding hydrogens is 416 g/mol. The molecule has 1 saturated heterocycles. The second-order valence-corrected chi connectivity index (χ2v) is 8.66. The first-order chi connectivity index (χ1) is 16.0. The molecule has 4 heterocycles. The van der Waals surface area contributed by atoms with Gasteiger partial charge in [-0.05, 0) is 31.5 Å². The molecule has 9 heteroatoms. The minimum Gasteiger partial charge on any atom is -0.367 e. The van der Waals surface area contributed by atoms with Gasteiger partial charge in [0.2, 0.25) is 0 Å². The van der Waals surface area contributed by atoms with E-state index in [1.807, 2.05) is 6.07 Å². The van der Waals surface area contributed by atoms with Crippen LogP contribution < -0.4 is 10.5 Å². The van der Waals surface area contributed by atoms with Gasteiger partial charge in [0.25, 0.3) is 5.56 Å². The zero-order valence-electron chi connectivity index (χ0n) is 19.0. The van der Waals surface area contributed by atoms with Crippen LogP contribution in [0.4, 0.5) is 5.69 Å². The third-order valence-electron chi connectivity index (χ3n) is 6.66. The zero-order chi connectivity index (χ0) is 23.1. The summed E-state index contributed by atoms with van der Waals surface area (Å²) in [6.07, 6.45) is 5.21. The number of anilines is 1. The van der Waals surface area contributed by atoms with Gasteiger partial charge in [-0.25, -0.2) is 0 Å². The third-order valence-corrected chi connectivity index (χ3v) is 6.66. The van der Waals surface area contributed by atoms with E-state index in [-0.39, 0.29) is 24.2 Å². The Morgan fingerprint density at radius 1 is 1.18 bits per heavy atom. The van der Waals surface area contributed by atoms with Gasteiger partial charge < -0.3 is 9.47 Å². The van der Waals surface area contributed by atoms with Crippen molar-refractivity contribution in [3.8, 4) is 6.07 Å². The fourth-order valence-electron chi connectivity index (χ4n) is 4.83. The molecule has 0 aliphatic carbocycles. The Bertz CT molecular complexity index is 1430. The molecule has 0 radical (unpaired) electrons. The quantitative estimate of drug-likeness (QED) is 0.479. The second kappa shape index (κ2) is 8.30. The molecule has 168 valence electrons. The van der Waals surface area contributed by atoms with Gasteiger partial charge in [-0.2, -0.15) is 10.4 Å². The van der Waals surface area contributed by atoms with Gasteiger partial charge in [-0.3, -0.25) is 24.3 Å². The number of aromatic nitrogens is 5. The van der Waals surface area contributed by atoms with Crippen LogP contribution in [0.3, 0.4) is 0 Å². The Balaban J connectivity index is 1.41. The summed E-state index contributed by atoms with van der Waals surface area (Å²) in [7, 11) is 1.74. The molecule has 0 N–H and O–H groups in total. The lowest BCUT2D eigenvalue weighted by molar-refractivity contribution is 0.139. The molecule has 0 amide bonds. The van der Waals surface area contributed by atoms with Gasteiger partial charge in [-0.15, -0.1) is 0 Å². The van der Waals surface area contributed by atoms with Crippen LogP contribution in [0.15, 0.2) is 47.7 Å². The number of pyridine rings is 1. The van der Waals surface area contributed by atoms with E-state index in [1.165, 1.54) is 5.56 Å². The third kappa shape index (κ3) is 3.72. The maximum Gasteiger partial charge on any atom is 0.252 e. The van der Waals surface area contributed by atoms with Crippen molar-refractivity contribution in [2.75, 3.05) is 24.5 Å². The lowest BCUT2D eigenvalue weighted by Gasteiger charge is -2.44. The van der Waals surface area contributed by atoms with E-state index in [0.29, 0.717) is 0 Å². The first kappa shape index (κ1) is 21.1. The number of nitrogens with zero attached hydrogens (tertiary/aromatic N) is 8. The Kier molecular flexibility index (Phi) is 5.30. The second-order valence-electron chi connectivity index (χ2n) is 8.66. The summed E-state index contributed by atoms with van der Waals surface area (Å²) in [6, 6.07) is 10.6. The van der Waals surface area contributed by atoms with Crippen molar-refractivity contribution in [2.24, 2.45) is 7.05 Å². The minimum atomic E-state index is -0.0743. The molecule has 1 fully saturated rings. The predicted octanol–water partition coefficient (Wildman–Crippen LogP) is 2.47. The molecule has 1 aliphatic rings. The van der Waals surface area contributed by atoms with E-state index in [4.69, 9.17) is 5.26 Å². The van der Waals surface area contributed by atoms with Crippen LogP contribution in [-0.4, -0.2) is 54.9 Å². The summed E-state index contributed by atoms with van der Waals surface area (Å²) in [5.74, 6) is 0. The van der Waals surface area contributed by atoms with Gasteiger partial charge in [0.15, 0.2) is 0 Å². The lowest BCUT2D eigenvalue weighted by Crippen LogP contribution is -2.52. The minimum absolute atomic E-state index is 0.0743. The number of hydrogen-bond acceptors (Lipinski definition) is 7. The number of piperazine rings is 1. The molecule has 1 aliphatic heterocycles. The van der Waals surface area contributed by atoms with Crippen molar-refractivity contribution in [3.63, 3.8) is 0 Å². The highest BCUT2D eigenvalue weighted by Crippen LogP contribution is 2.30. The Hall–Kier alpha value is -3.77. The monoisotopic (exact) mass is 442 g/mol. The summed E-state index contributed by atoms with van der Waals surface area (Å²) < 4.78 is 3.18. The van der Waals surface area contributed by atoms with Crippen molar-refractivity contribution in [3.05, 3.63) is 58.8 Å². The fraction of sp³-hybridized carbons (Fsp3) is 0.375. The SMILES string of the molecule is CC(c1ccc2nccnc2c1)N1CCN(c2cc(=O)n(C)c3cn(CC#N)nc23)C[C@@H]1C. The molecule has 1 aromatic carbocycles. The Morgan fingerprint density at radius 3 is 2.73 bits per heavy atom. The Morgan fingerprint density at radius 2 is 1.97 bits per heavy atom. The van der Waals surface area contributed by atoms with Crippen LogP contribution in [-0.2, 0) is 13.6 Å². The van der Waals surface area contributed by atoms with Crippen molar-refractivity contribution in [1.82, 2.24) is 29.2 Å². The lowest BCUT2D eigenvalue weighted by atomic mass is 10.0. The molecule has 0 bridgehead atoms. The van der Waals surface area contributed by atoms with Crippen molar-refractivity contribution in [1.29, 1.82) is 5.26 Å². The van der Waals surface area contributed by atoms with Gasteiger partial charge in [0, 0.05) is 57.2 Å². The number of hydrogen-bond donors (Lipinski definition) is 0. The van der Waals surface area contributed by atoms with Gasteiger partial charge in [0.05, 0.1) is 34.5 Å². The van der Waals surface area contributed by atoms with Crippen molar-refractivity contribution < 1.29 is 0 Å². The van der Waals surface area contributed by atoms with Crippen LogP contribution in [0, 0.1) is 11.3 Å². The average molecular weight is 443 g/mol. The predicted molar refractivity (Wildman–Crippen MR) is 127 cm³/mol. The first-order valence-corrected chi connectivity index (χ1v) is 11.1. The molecule has 33 heavy (non-hydrogen) atoms. The molecule has 9 nitrogen and oxygen atoms in total. The molecule has 1 unspecified atom stereocenters. The molecule has 5 rings (SSSR count). The molecular formula is C24H26N8O. The maximum atomic E-state index is 12.6. The average Bonchev–Trinajstić information content (AvgIpc) is 3.25. The van der Waals surface area contributed by atoms with Gasteiger partial charge in [-0.1, -0.05) is 6.07 Å². The highest BCUT2D eigenvalue weighted by atomic mass is 16.1. The van der Waals surface area contributed by atoms with Gasteiger partial charge >= 0.3 is 0 Å². The number of benzene rings is 1. The highest BCUT2D eigenvalue weighted by molar-refractivity contribution is 5.88. The smallest absolute Gasteiger partial charge is 0.252 e. The normalized spacial score (nSPS) is 18.0. The van der Waals surface area contributed by atoms with Crippen LogP contribution in [0.25, 0.3) is 22.1 Å². The zero-order valence-corrected chi connectivity index (χ0v) is 19.0. The summed E-state index contributed by atoms with van der Waals surface area (Å²) in [6.45, 7) is 7.02.